The van der Waals surface area contributed by atoms with E-state index >= 15 is 0 Å². The van der Waals surface area contributed by atoms with E-state index in [0.717, 1.165) is 30.2 Å². The van der Waals surface area contributed by atoms with Gasteiger partial charge in [0.2, 0.25) is 5.91 Å². The van der Waals surface area contributed by atoms with Gasteiger partial charge >= 0.3 is 0 Å². The molecule has 4 heterocycles. The highest BCUT2D eigenvalue weighted by Gasteiger charge is 2.25. The quantitative estimate of drug-likeness (QED) is 0.679. The number of piperidine rings is 1. The van der Waals surface area contributed by atoms with Crippen LogP contribution in [0.3, 0.4) is 0 Å². The van der Waals surface area contributed by atoms with Gasteiger partial charge in [0.1, 0.15) is 5.76 Å². The Morgan fingerprint density at radius 3 is 3.19 bits per heavy atom. The average Bonchev–Trinajstić information content (AvgIpc) is 3.39. The summed E-state index contributed by atoms with van der Waals surface area (Å²) in [6, 6.07) is 3.62. The third-order valence-electron chi connectivity index (χ3n) is 4.40. The number of nitrogens with zero attached hydrogens (tertiary/aromatic N) is 4. The molecule has 1 amide bonds. The van der Waals surface area contributed by atoms with Gasteiger partial charge in [-0.15, -0.1) is 11.3 Å². The zero-order valence-electron chi connectivity index (χ0n) is 14.6. The summed E-state index contributed by atoms with van der Waals surface area (Å²) in [6.45, 7) is 1.45. The lowest BCUT2D eigenvalue weighted by atomic mass is 9.95. The molecule has 1 N–H and O–H groups in total. The predicted octanol–water partition coefficient (Wildman–Crippen LogP) is 3.69. The van der Waals surface area contributed by atoms with Crippen LogP contribution in [-0.2, 0) is 4.79 Å². The zero-order chi connectivity index (χ0) is 18.5. The van der Waals surface area contributed by atoms with Crippen LogP contribution in [0.1, 0.15) is 30.2 Å². The van der Waals surface area contributed by atoms with Gasteiger partial charge in [0.05, 0.1) is 18.2 Å². The van der Waals surface area contributed by atoms with Gasteiger partial charge in [0.15, 0.2) is 10.9 Å². The van der Waals surface area contributed by atoms with E-state index in [1.807, 2.05) is 11.0 Å². The highest BCUT2D eigenvalue weighted by molar-refractivity contribution is 7.13. The summed E-state index contributed by atoms with van der Waals surface area (Å²) in [5.74, 6) is 1.59. The number of anilines is 2. The second-order valence-electron chi connectivity index (χ2n) is 6.27. The second kappa shape index (κ2) is 8.13. The highest BCUT2D eigenvalue weighted by Crippen LogP contribution is 2.30. The van der Waals surface area contributed by atoms with Gasteiger partial charge in [-0.05, 0) is 31.1 Å². The third-order valence-corrected chi connectivity index (χ3v) is 5.18. The number of rotatable bonds is 5. The minimum absolute atomic E-state index is 0.00392. The SMILES string of the molecule is O=C(/C=C/c1ccco1)N1CCC[C@H](c2csc(Nc3cnccn3)n2)C1. The molecule has 8 heteroatoms. The van der Waals surface area contributed by atoms with E-state index in [9.17, 15) is 4.79 Å². The Labute approximate surface area is 160 Å². The number of amides is 1. The molecule has 0 aliphatic carbocycles. The summed E-state index contributed by atoms with van der Waals surface area (Å²) in [5, 5.41) is 6.00. The van der Waals surface area contributed by atoms with Gasteiger partial charge in [-0.1, -0.05) is 0 Å². The number of hydrogen-bond acceptors (Lipinski definition) is 7. The number of carbonyl (C=O) groups excluding carboxylic acids is 1. The van der Waals surface area contributed by atoms with Crippen LogP contribution in [-0.4, -0.2) is 38.8 Å². The molecule has 0 unspecified atom stereocenters. The summed E-state index contributed by atoms with van der Waals surface area (Å²) in [7, 11) is 0. The number of hydrogen-bond donors (Lipinski definition) is 1. The van der Waals surface area contributed by atoms with Crippen LogP contribution in [0.25, 0.3) is 6.08 Å². The number of nitrogens with one attached hydrogen (secondary N) is 1. The molecule has 0 radical (unpaired) electrons. The molecular formula is C19H19N5O2S. The van der Waals surface area contributed by atoms with Gasteiger partial charge in [0, 0.05) is 42.9 Å². The Morgan fingerprint density at radius 2 is 2.37 bits per heavy atom. The first-order chi connectivity index (χ1) is 13.3. The van der Waals surface area contributed by atoms with Crippen LogP contribution in [0, 0.1) is 0 Å². The van der Waals surface area contributed by atoms with Crippen LogP contribution in [0.2, 0.25) is 0 Å². The average molecular weight is 381 g/mol. The molecule has 1 aliphatic rings. The Hall–Kier alpha value is -3.00. The standard InChI is InChI=1S/C19H19N5O2S/c25-18(6-5-15-4-2-10-26-15)24-9-1-3-14(12-24)16-13-27-19(22-16)23-17-11-20-7-8-21-17/h2,4-8,10-11,13-14H,1,3,9,12H2,(H,21,22,23)/b6-5+/t14-/m0/s1. The highest BCUT2D eigenvalue weighted by atomic mass is 32.1. The van der Waals surface area contributed by atoms with E-state index in [4.69, 9.17) is 4.42 Å². The van der Waals surface area contributed by atoms with Gasteiger partial charge in [-0.3, -0.25) is 9.78 Å². The normalized spacial score (nSPS) is 17.3. The van der Waals surface area contributed by atoms with Gasteiger partial charge < -0.3 is 14.6 Å². The smallest absolute Gasteiger partial charge is 0.246 e. The molecule has 7 nitrogen and oxygen atoms in total. The Balaban J connectivity index is 1.39. The van der Waals surface area contributed by atoms with E-state index in [1.165, 1.54) is 11.3 Å². The van der Waals surface area contributed by atoms with Crippen LogP contribution in [0.4, 0.5) is 10.9 Å². The third kappa shape index (κ3) is 4.40. The molecule has 3 aromatic heterocycles. The van der Waals surface area contributed by atoms with Crippen molar-refractivity contribution in [2.75, 3.05) is 18.4 Å². The topological polar surface area (TPSA) is 84.2 Å². The number of aromatic nitrogens is 3. The van der Waals surface area contributed by atoms with E-state index in [0.29, 0.717) is 18.1 Å². The van der Waals surface area contributed by atoms with Crippen LogP contribution < -0.4 is 5.32 Å². The summed E-state index contributed by atoms with van der Waals surface area (Å²) in [4.78, 5) is 27.3. The molecule has 27 heavy (non-hydrogen) atoms. The van der Waals surface area contributed by atoms with Gasteiger partial charge in [-0.25, -0.2) is 9.97 Å². The molecule has 1 aliphatic heterocycles. The molecule has 4 rings (SSSR count). The van der Waals surface area contributed by atoms with Crippen molar-refractivity contribution < 1.29 is 9.21 Å². The molecule has 1 saturated heterocycles. The first kappa shape index (κ1) is 17.4. The number of thiazole rings is 1. The maximum Gasteiger partial charge on any atom is 0.246 e. The van der Waals surface area contributed by atoms with Crippen LogP contribution in [0.15, 0.2) is 52.9 Å². The number of carbonyl (C=O) groups is 1. The number of furan rings is 1. The second-order valence-corrected chi connectivity index (χ2v) is 7.12. The summed E-state index contributed by atoms with van der Waals surface area (Å²) in [5.41, 5.74) is 1.01. The fourth-order valence-corrected chi connectivity index (χ4v) is 3.87. The first-order valence-electron chi connectivity index (χ1n) is 8.77. The lowest BCUT2D eigenvalue weighted by Crippen LogP contribution is -2.38. The van der Waals surface area contributed by atoms with Crippen LogP contribution >= 0.6 is 11.3 Å². The van der Waals surface area contributed by atoms with Crippen molar-refractivity contribution in [3.05, 3.63) is 59.9 Å². The first-order valence-corrected chi connectivity index (χ1v) is 9.65. The Morgan fingerprint density at radius 1 is 1.41 bits per heavy atom. The minimum atomic E-state index is 0.00392. The molecule has 138 valence electrons. The molecule has 1 atom stereocenters. The molecule has 0 spiro atoms. The minimum Gasteiger partial charge on any atom is -0.465 e. The summed E-state index contributed by atoms with van der Waals surface area (Å²) >= 11 is 1.54. The van der Waals surface area contributed by atoms with Gasteiger partial charge in [0.25, 0.3) is 0 Å². The van der Waals surface area contributed by atoms with Crippen molar-refractivity contribution in [1.29, 1.82) is 0 Å². The van der Waals surface area contributed by atoms with Crippen molar-refractivity contribution in [3.63, 3.8) is 0 Å². The van der Waals surface area contributed by atoms with Crippen molar-refractivity contribution >= 4 is 34.3 Å². The monoisotopic (exact) mass is 381 g/mol. The zero-order valence-corrected chi connectivity index (χ0v) is 15.4. The molecule has 0 saturated carbocycles. The lowest BCUT2D eigenvalue weighted by Gasteiger charge is -2.31. The maximum absolute atomic E-state index is 12.5. The van der Waals surface area contributed by atoms with E-state index in [2.05, 4.69) is 25.6 Å². The molecule has 0 aromatic carbocycles. The van der Waals surface area contributed by atoms with E-state index < -0.39 is 0 Å². The van der Waals surface area contributed by atoms with Crippen LogP contribution in [0.5, 0.6) is 0 Å². The van der Waals surface area contributed by atoms with Crippen molar-refractivity contribution in [2.45, 2.75) is 18.8 Å². The summed E-state index contributed by atoms with van der Waals surface area (Å²) < 4.78 is 5.23. The summed E-state index contributed by atoms with van der Waals surface area (Å²) in [6.07, 6.45) is 11.8. The largest absolute Gasteiger partial charge is 0.465 e. The fraction of sp³-hybridized carbons (Fsp3) is 0.263. The predicted molar refractivity (Wildman–Crippen MR) is 104 cm³/mol. The number of likely N-dealkylation sites (tertiary alicyclic amines) is 1. The van der Waals surface area contributed by atoms with Gasteiger partial charge in [-0.2, -0.15) is 0 Å². The molecule has 3 aromatic rings. The fourth-order valence-electron chi connectivity index (χ4n) is 3.07. The Kier molecular flexibility index (Phi) is 5.24. The van der Waals surface area contributed by atoms with E-state index in [-0.39, 0.29) is 11.8 Å². The lowest BCUT2D eigenvalue weighted by molar-refractivity contribution is -0.127. The Bertz CT molecular complexity index is 907. The molecule has 1 fully saturated rings. The van der Waals surface area contributed by atoms with Crippen molar-refractivity contribution in [3.8, 4) is 0 Å². The van der Waals surface area contributed by atoms with Crippen molar-refractivity contribution in [1.82, 2.24) is 19.9 Å². The molecular weight excluding hydrogens is 362 g/mol. The maximum atomic E-state index is 12.5. The van der Waals surface area contributed by atoms with Crippen molar-refractivity contribution in [2.24, 2.45) is 0 Å². The molecule has 0 bridgehead atoms. The van der Waals surface area contributed by atoms with E-state index in [1.54, 1.807) is 43.1 Å².